The fraction of sp³-hybridized carbons (Fsp3) is 0.462. The maximum atomic E-state index is 13.2. The average molecular weight is 500 g/mol. The summed E-state index contributed by atoms with van der Waals surface area (Å²) in [7, 11) is -2.25. The summed E-state index contributed by atoms with van der Waals surface area (Å²) in [6.45, 7) is 4.06. The predicted molar refractivity (Wildman–Crippen MR) is 134 cm³/mol. The molecule has 188 valence electrons. The third-order valence-corrected chi connectivity index (χ3v) is 8.72. The fourth-order valence-corrected chi connectivity index (χ4v) is 6.40. The van der Waals surface area contributed by atoms with E-state index >= 15 is 0 Å². The number of nitrogens with one attached hydrogen (secondary N) is 1. The van der Waals surface area contributed by atoms with Gasteiger partial charge in [0.15, 0.2) is 0 Å². The maximum Gasteiger partial charge on any atom is 0.246 e. The molecule has 2 heterocycles. The van der Waals surface area contributed by atoms with E-state index < -0.39 is 10.0 Å². The minimum atomic E-state index is -3.71. The molecule has 2 amide bonds. The van der Waals surface area contributed by atoms with Gasteiger partial charge in [-0.1, -0.05) is 18.2 Å². The van der Waals surface area contributed by atoms with Crippen molar-refractivity contribution in [2.45, 2.75) is 43.9 Å². The first-order valence-electron chi connectivity index (χ1n) is 12.1. The lowest BCUT2D eigenvalue weighted by molar-refractivity contribution is -0.129. The first-order valence-corrected chi connectivity index (χ1v) is 13.5. The van der Waals surface area contributed by atoms with Crippen molar-refractivity contribution in [3.8, 4) is 5.75 Å². The zero-order chi connectivity index (χ0) is 25.0. The van der Waals surface area contributed by atoms with Gasteiger partial charge in [0, 0.05) is 37.8 Å². The fourth-order valence-electron chi connectivity index (χ4n) is 4.69. The van der Waals surface area contributed by atoms with Gasteiger partial charge in [-0.3, -0.25) is 9.59 Å². The number of carbonyl (C=O) groups excluding carboxylic acids is 2. The number of piperidine rings is 1. The molecule has 0 aliphatic carbocycles. The number of amides is 2. The summed E-state index contributed by atoms with van der Waals surface area (Å²) in [4.78, 5) is 27.2. The van der Waals surface area contributed by atoms with E-state index in [1.807, 2.05) is 42.2 Å². The number of ether oxygens (including phenoxy) is 1. The van der Waals surface area contributed by atoms with Crippen molar-refractivity contribution in [3.05, 3.63) is 53.6 Å². The lowest BCUT2D eigenvalue weighted by Gasteiger charge is -2.31. The lowest BCUT2D eigenvalue weighted by atomic mass is 9.97. The van der Waals surface area contributed by atoms with E-state index in [9.17, 15) is 18.0 Å². The largest absolute Gasteiger partial charge is 0.495 e. The minimum Gasteiger partial charge on any atom is -0.495 e. The normalized spacial score (nSPS) is 17.4. The SMILES string of the molecule is COc1ccc(C)cc1S(=O)(=O)N1CCC(C(=O)Nc2ccc(CC(=O)N3CCCC3)cc2)CC1. The van der Waals surface area contributed by atoms with Gasteiger partial charge in [0.2, 0.25) is 21.8 Å². The first-order chi connectivity index (χ1) is 16.8. The zero-order valence-electron chi connectivity index (χ0n) is 20.3. The molecular formula is C26H33N3O5S. The van der Waals surface area contributed by atoms with E-state index in [-0.39, 0.29) is 35.7 Å². The van der Waals surface area contributed by atoms with Gasteiger partial charge in [0.25, 0.3) is 0 Å². The smallest absolute Gasteiger partial charge is 0.246 e. The van der Waals surface area contributed by atoms with Crippen LogP contribution in [0.5, 0.6) is 5.75 Å². The van der Waals surface area contributed by atoms with E-state index in [2.05, 4.69) is 5.32 Å². The maximum absolute atomic E-state index is 13.2. The Labute approximate surface area is 207 Å². The summed E-state index contributed by atoms with van der Waals surface area (Å²) in [5.41, 5.74) is 2.43. The quantitative estimate of drug-likeness (QED) is 0.631. The van der Waals surface area contributed by atoms with Gasteiger partial charge in [0.1, 0.15) is 10.6 Å². The van der Waals surface area contributed by atoms with Crippen LogP contribution in [0, 0.1) is 12.8 Å². The molecule has 4 rings (SSSR count). The van der Waals surface area contributed by atoms with Gasteiger partial charge in [-0.15, -0.1) is 0 Å². The van der Waals surface area contributed by atoms with Crippen molar-refractivity contribution in [2.24, 2.45) is 5.92 Å². The molecule has 2 aliphatic rings. The first kappa shape index (κ1) is 25.2. The van der Waals surface area contributed by atoms with Crippen LogP contribution in [0.1, 0.15) is 36.8 Å². The van der Waals surface area contributed by atoms with Crippen LogP contribution in [0.3, 0.4) is 0 Å². The van der Waals surface area contributed by atoms with Crippen molar-refractivity contribution in [1.29, 1.82) is 0 Å². The van der Waals surface area contributed by atoms with Crippen molar-refractivity contribution < 1.29 is 22.7 Å². The molecule has 2 aliphatic heterocycles. The number of hydrogen-bond donors (Lipinski definition) is 1. The third-order valence-electron chi connectivity index (χ3n) is 6.80. The highest BCUT2D eigenvalue weighted by atomic mass is 32.2. The Morgan fingerprint density at radius 2 is 1.66 bits per heavy atom. The summed E-state index contributed by atoms with van der Waals surface area (Å²) in [5.74, 6) is 0.0821. The number of methoxy groups -OCH3 is 1. The van der Waals surface area contributed by atoms with Crippen molar-refractivity contribution in [2.75, 3.05) is 38.6 Å². The number of likely N-dealkylation sites (tertiary alicyclic amines) is 1. The van der Waals surface area contributed by atoms with E-state index in [1.165, 1.54) is 11.4 Å². The second-order valence-electron chi connectivity index (χ2n) is 9.28. The van der Waals surface area contributed by atoms with Crippen LogP contribution in [0.4, 0.5) is 5.69 Å². The predicted octanol–water partition coefficient (Wildman–Crippen LogP) is 3.21. The molecule has 0 radical (unpaired) electrons. The number of nitrogens with zero attached hydrogens (tertiary/aromatic N) is 2. The molecule has 0 spiro atoms. The molecule has 0 saturated carbocycles. The standard InChI is InChI=1S/C26H33N3O5S/c1-19-5-10-23(34-2)24(17-19)35(32,33)29-15-11-21(12-16-29)26(31)27-22-8-6-20(7-9-22)18-25(30)28-13-3-4-14-28/h5-10,17,21H,3-4,11-16,18H2,1-2H3,(H,27,31). The molecular weight excluding hydrogens is 466 g/mol. The van der Waals surface area contributed by atoms with Crippen LogP contribution < -0.4 is 10.1 Å². The van der Waals surface area contributed by atoms with Gasteiger partial charge in [-0.25, -0.2) is 8.42 Å². The van der Waals surface area contributed by atoms with Crippen molar-refractivity contribution >= 4 is 27.5 Å². The van der Waals surface area contributed by atoms with Crippen LogP contribution in [0.15, 0.2) is 47.4 Å². The van der Waals surface area contributed by atoms with E-state index in [0.717, 1.165) is 37.1 Å². The van der Waals surface area contributed by atoms with Crippen molar-refractivity contribution in [3.63, 3.8) is 0 Å². The molecule has 2 fully saturated rings. The van der Waals surface area contributed by atoms with Gasteiger partial charge < -0.3 is 15.0 Å². The monoisotopic (exact) mass is 499 g/mol. The number of rotatable bonds is 7. The van der Waals surface area contributed by atoms with Crippen LogP contribution in [0.2, 0.25) is 0 Å². The van der Waals surface area contributed by atoms with Gasteiger partial charge in [-0.05, 0) is 68.0 Å². The van der Waals surface area contributed by atoms with Gasteiger partial charge >= 0.3 is 0 Å². The number of benzene rings is 2. The second kappa shape index (κ2) is 10.8. The number of aryl methyl sites for hydroxylation is 1. The number of anilines is 1. The average Bonchev–Trinajstić information content (AvgIpc) is 3.40. The summed E-state index contributed by atoms with van der Waals surface area (Å²) in [5, 5.41) is 2.94. The van der Waals surface area contributed by atoms with Crippen LogP contribution in [-0.2, 0) is 26.0 Å². The molecule has 0 atom stereocenters. The molecule has 0 bridgehead atoms. The molecule has 35 heavy (non-hydrogen) atoms. The van der Waals surface area contributed by atoms with E-state index in [0.29, 0.717) is 30.7 Å². The Morgan fingerprint density at radius 3 is 2.29 bits per heavy atom. The Kier molecular flexibility index (Phi) is 7.76. The van der Waals surface area contributed by atoms with Gasteiger partial charge in [0.05, 0.1) is 13.5 Å². The third kappa shape index (κ3) is 5.85. The molecule has 0 unspecified atom stereocenters. The van der Waals surface area contributed by atoms with Crippen LogP contribution >= 0.6 is 0 Å². The Balaban J connectivity index is 1.31. The van der Waals surface area contributed by atoms with Gasteiger partial charge in [-0.2, -0.15) is 4.31 Å². The lowest BCUT2D eigenvalue weighted by Crippen LogP contribution is -2.41. The molecule has 1 N–H and O–H groups in total. The number of carbonyl (C=O) groups is 2. The Morgan fingerprint density at radius 1 is 1.00 bits per heavy atom. The topological polar surface area (TPSA) is 96.0 Å². The Hall–Kier alpha value is -2.91. The summed E-state index contributed by atoms with van der Waals surface area (Å²) >= 11 is 0. The molecule has 2 saturated heterocycles. The summed E-state index contributed by atoms with van der Waals surface area (Å²) < 4.78 is 33.1. The number of sulfonamides is 1. The second-order valence-corrected chi connectivity index (χ2v) is 11.2. The van der Waals surface area contributed by atoms with E-state index in [4.69, 9.17) is 4.74 Å². The molecule has 2 aromatic rings. The molecule has 8 nitrogen and oxygen atoms in total. The number of hydrogen-bond acceptors (Lipinski definition) is 5. The highest BCUT2D eigenvalue weighted by molar-refractivity contribution is 7.89. The van der Waals surface area contributed by atoms with E-state index in [1.54, 1.807) is 12.1 Å². The summed E-state index contributed by atoms with van der Waals surface area (Å²) in [6.07, 6.45) is 3.40. The highest BCUT2D eigenvalue weighted by Crippen LogP contribution is 2.31. The summed E-state index contributed by atoms with van der Waals surface area (Å²) in [6, 6.07) is 12.5. The van der Waals surface area contributed by atoms with Crippen molar-refractivity contribution in [1.82, 2.24) is 9.21 Å². The molecule has 2 aromatic carbocycles. The van der Waals surface area contributed by atoms with Crippen LogP contribution in [0.25, 0.3) is 0 Å². The highest BCUT2D eigenvalue weighted by Gasteiger charge is 2.33. The minimum absolute atomic E-state index is 0.115. The van der Waals surface area contributed by atoms with Crippen LogP contribution in [-0.4, -0.2) is 62.7 Å². The molecule has 9 heteroatoms. The zero-order valence-corrected chi connectivity index (χ0v) is 21.1. The molecule has 0 aromatic heterocycles. The Bertz CT molecular complexity index is 1170.